The van der Waals surface area contributed by atoms with E-state index >= 15 is 0 Å². The highest BCUT2D eigenvalue weighted by molar-refractivity contribution is 5.92. The first-order valence-electron chi connectivity index (χ1n) is 10.7. The second-order valence-corrected chi connectivity index (χ2v) is 7.47. The van der Waals surface area contributed by atoms with Gasteiger partial charge in [0.25, 0.3) is 0 Å². The van der Waals surface area contributed by atoms with Crippen LogP contribution < -0.4 is 20.7 Å². The Morgan fingerprint density at radius 2 is 2.06 bits per heavy atom. The third-order valence-corrected chi connectivity index (χ3v) is 5.26. The number of aryl methyl sites for hydroxylation is 1. The molecule has 32 heavy (non-hydrogen) atoms. The zero-order chi connectivity index (χ0) is 23.1. The molecule has 2 amide bonds. The molecule has 1 aromatic carbocycles. The van der Waals surface area contributed by atoms with Crippen molar-refractivity contribution in [3.8, 4) is 17.1 Å². The first-order chi connectivity index (χ1) is 15.5. The number of hydrogen-bond acceptors (Lipinski definition) is 6. The smallest absolute Gasteiger partial charge is 0.319 e. The number of rotatable bonds is 9. The molecule has 0 aliphatic carbocycles. The van der Waals surface area contributed by atoms with E-state index in [0.29, 0.717) is 23.8 Å². The van der Waals surface area contributed by atoms with Crippen LogP contribution in [0.4, 0.5) is 16.3 Å². The molecule has 0 radical (unpaired) electrons. The van der Waals surface area contributed by atoms with Gasteiger partial charge < -0.3 is 15.8 Å². The molecule has 0 fully saturated rings. The summed E-state index contributed by atoms with van der Waals surface area (Å²) in [6, 6.07) is 9.06. The van der Waals surface area contributed by atoms with Crippen molar-refractivity contribution in [1.29, 1.82) is 0 Å². The molecule has 0 unspecified atom stereocenters. The summed E-state index contributed by atoms with van der Waals surface area (Å²) in [4.78, 5) is 26.8. The van der Waals surface area contributed by atoms with Gasteiger partial charge in [-0.15, -0.1) is 0 Å². The van der Waals surface area contributed by atoms with Gasteiger partial charge in [0.1, 0.15) is 11.6 Å². The number of nitrogens with two attached hydrogens (primary N) is 1. The van der Waals surface area contributed by atoms with Crippen molar-refractivity contribution in [3.63, 3.8) is 0 Å². The van der Waals surface area contributed by atoms with Gasteiger partial charge in [-0.1, -0.05) is 19.4 Å². The molecule has 2 heterocycles. The Morgan fingerprint density at radius 1 is 1.25 bits per heavy atom. The van der Waals surface area contributed by atoms with E-state index in [1.54, 1.807) is 25.6 Å². The maximum absolute atomic E-state index is 11.8. The predicted molar refractivity (Wildman–Crippen MR) is 127 cm³/mol. The maximum Gasteiger partial charge on any atom is 0.319 e. The topological polar surface area (TPSA) is 106 Å². The Hall–Kier alpha value is -3.68. The van der Waals surface area contributed by atoms with Crippen molar-refractivity contribution < 1.29 is 9.53 Å². The van der Waals surface area contributed by atoms with Gasteiger partial charge in [0.2, 0.25) is 0 Å². The number of hydrogen-bond donors (Lipinski definition) is 2. The molecule has 0 saturated heterocycles. The van der Waals surface area contributed by atoms with E-state index in [2.05, 4.69) is 28.3 Å². The molecule has 0 aliphatic heterocycles. The van der Waals surface area contributed by atoms with Gasteiger partial charge in [0.05, 0.1) is 18.8 Å². The van der Waals surface area contributed by atoms with E-state index in [1.165, 1.54) is 4.90 Å². The fourth-order valence-electron chi connectivity index (χ4n) is 3.57. The Labute approximate surface area is 188 Å². The van der Waals surface area contributed by atoms with E-state index in [9.17, 15) is 4.79 Å². The lowest BCUT2D eigenvalue weighted by Crippen LogP contribution is -2.35. The van der Waals surface area contributed by atoms with Crippen molar-refractivity contribution >= 4 is 17.5 Å². The molecular formula is C24H30N6O2. The molecule has 3 rings (SSSR count). The summed E-state index contributed by atoms with van der Waals surface area (Å²) in [5.41, 5.74) is 8.96. The average molecular weight is 435 g/mol. The van der Waals surface area contributed by atoms with Gasteiger partial charge in [-0.25, -0.2) is 14.8 Å². The third-order valence-electron chi connectivity index (χ3n) is 5.26. The molecule has 168 valence electrons. The number of pyridine rings is 1. The summed E-state index contributed by atoms with van der Waals surface area (Å²) in [5, 5.41) is 3.57. The van der Waals surface area contributed by atoms with E-state index in [0.717, 1.165) is 35.3 Å². The standard InChI is InChI=1S/C24H30N6O2/c1-5-8-19(18-9-7-12-26-15-18)28-22-16(3)14-27-23(29-22)17-10-11-20(21(13-17)32-4)30(6-2)24(25)31/h7,9-15,19H,5-6,8H2,1-4H3,(H2,25,31)(H,27,28,29)/t19-/m0/s1. The van der Waals surface area contributed by atoms with Gasteiger partial charge in [-0.3, -0.25) is 9.88 Å². The number of urea groups is 1. The molecule has 0 aliphatic rings. The van der Waals surface area contributed by atoms with E-state index in [-0.39, 0.29) is 6.04 Å². The zero-order valence-corrected chi connectivity index (χ0v) is 19.0. The molecule has 0 bridgehead atoms. The van der Waals surface area contributed by atoms with Gasteiger partial charge in [-0.05, 0) is 50.1 Å². The summed E-state index contributed by atoms with van der Waals surface area (Å²) < 4.78 is 5.52. The highest BCUT2D eigenvalue weighted by Crippen LogP contribution is 2.33. The van der Waals surface area contributed by atoms with Crippen LogP contribution in [0.5, 0.6) is 5.75 Å². The number of nitrogens with zero attached hydrogens (tertiary/aromatic N) is 4. The van der Waals surface area contributed by atoms with Gasteiger partial charge >= 0.3 is 6.03 Å². The lowest BCUT2D eigenvalue weighted by molar-refractivity contribution is 0.254. The summed E-state index contributed by atoms with van der Waals surface area (Å²) in [5.74, 6) is 1.86. The van der Waals surface area contributed by atoms with Crippen molar-refractivity contribution in [3.05, 3.63) is 60.0 Å². The summed E-state index contributed by atoms with van der Waals surface area (Å²) >= 11 is 0. The van der Waals surface area contributed by atoms with Crippen LogP contribution >= 0.6 is 0 Å². The van der Waals surface area contributed by atoms with Gasteiger partial charge in [0, 0.05) is 36.3 Å². The van der Waals surface area contributed by atoms with E-state index < -0.39 is 6.03 Å². The predicted octanol–water partition coefficient (Wildman–Crippen LogP) is 4.71. The minimum atomic E-state index is -0.533. The van der Waals surface area contributed by atoms with Crippen LogP contribution in [0.25, 0.3) is 11.4 Å². The van der Waals surface area contributed by atoms with E-state index in [4.69, 9.17) is 15.5 Å². The third kappa shape index (κ3) is 5.14. The lowest BCUT2D eigenvalue weighted by atomic mass is 10.0. The molecule has 2 aromatic heterocycles. The van der Waals surface area contributed by atoms with Crippen LogP contribution in [0, 0.1) is 6.92 Å². The van der Waals surface area contributed by atoms with Crippen LogP contribution in [0.1, 0.15) is 43.9 Å². The highest BCUT2D eigenvalue weighted by Gasteiger charge is 2.18. The number of carbonyl (C=O) groups excluding carboxylic acids is 1. The van der Waals surface area contributed by atoms with Gasteiger partial charge in [-0.2, -0.15) is 0 Å². The first kappa shape index (κ1) is 23.0. The average Bonchev–Trinajstić information content (AvgIpc) is 2.81. The SMILES string of the molecule is CCC[C@H](Nc1nc(-c2ccc(N(CC)C(N)=O)c(OC)c2)ncc1C)c1cccnc1. The number of carbonyl (C=O) groups is 1. The van der Waals surface area contributed by atoms with Crippen LogP contribution in [-0.2, 0) is 0 Å². The molecular weight excluding hydrogens is 404 g/mol. The lowest BCUT2D eigenvalue weighted by Gasteiger charge is -2.22. The number of methoxy groups -OCH3 is 1. The molecule has 3 aromatic rings. The Morgan fingerprint density at radius 3 is 2.69 bits per heavy atom. The van der Waals surface area contributed by atoms with Crippen LogP contribution in [0.2, 0.25) is 0 Å². The molecule has 0 spiro atoms. The second-order valence-electron chi connectivity index (χ2n) is 7.47. The molecule has 3 N–H and O–H groups in total. The maximum atomic E-state index is 11.8. The fourth-order valence-corrected chi connectivity index (χ4v) is 3.57. The monoisotopic (exact) mass is 434 g/mol. The molecule has 0 saturated carbocycles. The highest BCUT2D eigenvalue weighted by atomic mass is 16.5. The minimum absolute atomic E-state index is 0.0979. The summed E-state index contributed by atoms with van der Waals surface area (Å²) in [7, 11) is 1.56. The normalized spacial score (nSPS) is 11.6. The number of primary amides is 1. The Balaban J connectivity index is 1.95. The molecule has 8 nitrogen and oxygen atoms in total. The van der Waals surface area contributed by atoms with Crippen molar-refractivity contribution in [2.75, 3.05) is 23.9 Å². The number of anilines is 2. The number of benzene rings is 1. The summed E-state index contributed by atoms with van der Waals surface area (Å²) in [6.45, 7) is 6.43. The Bertz CT molecular complexity index is 1060. The van der Waals surface area contributed by atoms with Crippen molar-refractivity contribution in [2.24, 2.45) is 5.73 Å². The minimum Gasteiger partial charge on any atom is -0.495 e. The number of aromatic nitrogens is 3. The van der Waals surface area contributed by atoms with Crippen molar-refractivity contribution in [1.82, 2.24) is 15.0 Å². The zero-order valence-electron chi connectivity index (χ0n) is 19.0. The largest absolute Gasteiger partial charge is 0.495 e. The second kappa shape index (κ2) is 10.6. The number of nitrogens with one attached hydrogen (secondary N) is 1. The molecule has 1 atom stereocenters. The Kier molecular flexibility index (Phi) is 7.59. The van der Waals surface area contributed by atoms with Crippen LogP contribution in [0.15, 0.2) is 48.9 Å². The van der Waals surface area contributed by atoms with Gasteiger partial charge in [0.15, 0.2) is 5.82 Å². The van der Waals surface area contributed by atoms with Crippen LogP contribution in [-0.4, -0.2) is 34.6 Å². The first-order valence-corrected chi connectivity index (χ1v) is 10.7. The van der Waals surface area contributed by atoms with Crippen molar-refractivity contribution in [2.45, 2.75) is 39.7 Å². The van der Waals surface area contributed by atoms with Crippen LogP contribution in [0.3, 0.4) is 0 Å². The number of amides is 2. The van der Waals surface area contributed by atoms with E-state index in [1.807, 2.05) is 38.2 Å². The fraction of sp³-hybridized carbons (Fsp3) is 0.333. The summed E-state index contributed by atoms with van der Waals surface area (Å²) in [6.07, 6.45) is 7.43. The molecule has 8 heteroatoms. The quantitative estimate of drug-likeness (QED) is 0.505. The number of ether oxygens (including phenoxy) is 1.